The summed E-state index contributed by atoms with van der Waals surface area (Å²) in [5, 5.41) is 11.6. The van der Waals surface area contributed by atoms with E-state index < -0.39 is 54.1 Å². The van der Waals surface area contributed by atoms with Gasteiger partial charge in [0.1, 0.15) is 17.6 Å². The summed E-state index contributed by atoms with van der Waals surface area (Å²) >= 11 is 0. The molecule has 2 heterocycles. The molecule has 4 amide bonds. The molecule has 13 heteroatoms. The van der Waals surface area contributed by atoms with Crippen molar-refractivity contribution in [1.82, 2.24) is 21.1 Å². The summed E-state index contributed by atoms with van der Waals surface area (Å²) in [7, 11) is 0. The van der Waals surface area contributed by atoms with Crippen molar-refractivity contribution in [3.63, 3.8) is 0 Å². The van der Waals surface area contributed by atoms with Crippen LogP contribution in [0.2, 0.25) is 0 Å². The number of nitrogens with zero attached hydrogens (tertiary/aromatic N) is 2. The van der Waals surface area contributed by atoms with Crippen LogP contribution in [0.5, 0.6) is 0 Å². The Morgan fingerprint density at radius 2 is 1.98 bits per heavy atom. The van der Waals surface area contributed by atoms with Crippen LogP contribution in [0.4, 0.5) is 10.1 Å². The minimum atomic E-state index is -1.01. The molecule has 0 aliphatic carbocycles. The number of benzene rings is 1. The van der Waals surface area contributed by atoms with Gasteiger partial charge in [-0.15, -0.1) is 0 Å². The van der Waals surface area contributed by atoms with Crippen molar-refractivity contribution in [2.45, 2.75) is 59.5 Å². The summed E-state index contributed by atoms with van der Waals surface area (Å²) in [6, 6.07) is 3.51. The van der Waals surface area contributed by atoms with Gasteiger partial charge in [0, 0.05) is 24.6 Å². The third-order valence-corrected chi connectivity index (χ3v) is 6.97. The van der Waals surface area contributed by atoms with Crippen LogP contribution in [0.25, 0.3) is 0 Å². The van der Waals surface area contributed by atoms with E-state index in [0.29, 0.717) is 24.3 Å². The summed E-state index contributed by atoms with van der Waals surface area (Å²) < 4.78 is 24.4. The monoisotopic (exact) mass is 599 g/mol. The largest absolute Gasteiger partial charge is 0.463 e. The Hall–Kier alpha value is -4.55. The molecular weight excluding hydrogens is 561 g/mol. The summed E-state index contributed by atoms with van der Waals surface area (Å²) in [5.74, 6) is -3.68. The topological polar surface area (TPSA) is 160 Å². The number of ether oxygens (including phenoxy) is 1. The van der Waals surface area contributed by atoms with Gasteiger partial charge in [-0.25, -0.2) is 9.18 Å². The van der Waals surface area contributed by atoms with E-state index in [1.165, 1.54) is 41.3 Å². The van der Waals surface area contributed by atoms with Crippen molar-refractivity contribution < 1.29 is 37.6 Å². The standard InChI is InChI=1S/C30H38FN5O7/c1-6-42-26(38)10-9-22(14-20-11-12-32-28(20)39)36(24-15-21(31)8-7-18(24)4)25(37)16-33-30(41)27(17(2)3)34-29(40)23-13-19(5)43-35-23/h7-10,13,15,17,20,22,27H,6,11-12,14,16H2,1-5H3,(H,32,39)(H,33,41)(H,34,40)/b10-9+/t20-,22?,27-/m0/s1. The fourth-order valence-corrected chi connectivity index (χ4v) is 4.73. The number of aromatic nitrogens is 1. The molecule has 0 radical (unpaired) electrons. The van der Waals surface area contributed by atoms with Gasteiger partial charge in [0.2, 0.25) is 17.7 Å². The molecule has 3 atom stereocenters. The number of rotatable bonds is 13. The van der Waals surface area contributed by atoms with Crippen LogP contribution in [0.3, 0.4) is 0 Å². The first-order chi connectivity index (χ1) is 20.4. The summed E-state index contributed by atoms with van der Waals surface area (Å²) in [4.78, 5) is 65.6. The summed E-state index contributed by atoms with van der Waals surface area (Å²) in [5.41, 5.74) is 0.778. The van der Waals surface area contributed by atoms with Crippen LogP contribution in [0.1, 0.15) is 55.4 Å². The second-order valence-electron chi connectivity index (χ2n) is 10.6. The van der Waals surface area contributed by atoms with Gasteiger partial charge in [0.05, 0.1) is 24.9 Å². The SMILES string of the molecule is CCOC(=O)/C=C/C(C[C@@H]1CCNC1=O)N(C(=O)CNC(=O)[C@@H](NC(=O)c1cc(C)on1)C(C)C)c1cc(F)ccc1C. The molecule has 232 valence electrons. The van der Waals surface area contributed by atoms with Gasteiger partial charge in [0.25, 0.3) is 5.91 Å². The molecule has 3 N–H and O–H groups in total. The summed E-state index contributed by atoms with van der Waals surface area (Å²) in [6.45, 7) is 8.52. The molecule has 1 fully saturated rings. The number of aryl methyl sites for hydroxylation is 2. The number of anilines is 1. The quantitative estimate of drug-likeness (QED) is 0.234. The Balaban J connectivity index is 1.89. The van der Waals surface area contributed by atoms with E-state index in [1.807, 2.05) is 0 Å². The van der Waals surface area contributed by atoms with E-state index >= 15 is 0 Å². The van der Waals surface area contributed by atoms with Gasteiger partial charge >= 0.3 is 5.97 Å². The van der Waals surface area contributed by atoms with E-state index in [9.17, 15) is 28.4 Å². The second kappa shape index (κ2) is 15.1. The van der Waals surface area contributed by atoms with Crippen LogP contribution in [-0.4, -0.2) is 66.5 Å². The lowest BCUT2D eigenvalue weighted by molar-refractivity contribution is -0.137. The van der Waals surface area contributed by atoms with E-state index in [2.05, 4.69) is 21.1 Å². The molecule has 1 aliphatic heterocycles. The predicted molar refractivity (Wildman–Crippen MR) is 154 cm³/mol. The average Bonchev–Trinajstić information content (AvgIpc) is 3.58. The maximum atomic E-state index is 14.5. The molecule has 1 unspecified atom stereocenters. The zero-order chi connectivity index (χ0) is 31.7. The lowest BCUT2D eigenvalue weighted by Gasteiger charge is -2.33. The van der Waals surface area contributed by atoms with Gasteiger partial charge in [-0.2, -0.15) is 0 Å². The van der Waals surface area contributed by atoms with Crippen LogP contribution in [-0.2, 0) is 23.9 Å². The number of amides is 4. The van der Waals surface area contributed by atoms with Crippen molar-refractivity contribution in [3.8, 4) is 0 Å². The molecule has 0 bridgehead atoms. The normalized spacial score (nSPS) is 16.1. The molecule has 0 saturated carbocycles. The third kappa shape index (κ3) is 8.97. The third-order valence-electron chi connectivity index (χ3n) is 6.97. The minimum Gasteiger partial charge on any atom is -0.463 e. The maximum absolute atomic E-state index is 14.5. The number of halogens is 1. The minimum absolute atomic E-state index is 0.00644. The Kier molecular flexibility index (Phi) is 11.6. The van der Waals surface area contributed by atoms with Gasteiger partial charge in [-0.05, 0) is 57.2 Å². The van der Waals surface area contributed by atoms with Crippen molar-refractivity contribution in [2.24, 2.45) is 11.8 Å². The average molecular weight is 600 g/mol. The van der Waals surface area contributed by atoms with Crippen molar-refractivity contribution in [1.29, 1.82) is 0 Å². The molecule has 12 nitrogen and oxygen atoms in total. The maximum Gasteiger partial charge on any atom is 0.330 e. The van der Waals surface area contributed by atoms with Gasteiger partial charge in [-0.1, -0.05) is 31.1 Å². The molecular formula is C30H38FN5O7. The first kappa shape index (κ1) is 33.0. The number of carbonyl (C=O) groups is 5. The van der Waals surface area contributed by atoms with Crippen LogP contribution < -0.4 is 20.9 Å². The first-order valence-corrected chi connectivity index (χ1v) is 14.1. The second-order valence-corrected chi connectivity index (χ2v) is 10.6. The molecule has 3 rings (SSSR count). The highest BCUT2D eigenvalue weighted by Crippen LogP contribution is 2.28. The number of nitrogens with one attached hydrogen (secondary N) is 3. The molecule has 1 saturated heterocycles. The predicted octanol–water partition coefficient (Wildman–Crippen LogP) is 2.35. The van der Waals surface area contributed by atoms with Crippen LogP contribution in [0, 0.1) is 31.5 Å². The molecule has 1 aromatic heterocycles. The lowest BCUT2D eigenvalue weighted by atomic mass is 9.95. The highest BCUT2D eigenvalue weighted by molar-refractivity contribution is 6.00. The number of hydrogen-bond donors (Lipinski definition) is 3. The van der Waals surface area contributed by atoms with E-state index in [-0.39, 0.29) is 36.2 Å². The number of hydrogen-bond acceptors (Lipinski definition) is 8. The van der Waals surface area contributed by atoms with E-state index in [0.717, 1.165) is 0 Å². The zero-order valence-electron chi connectivity index (χ0n) is 24.9. The van der Waals surface area contributed by atoms with Crippen molar-refractivity contribution in [2.75, 3.05) is 24.6 Å². The molecule has 43 heavy (non-hydrogen) atoms. The van der Waals surface area contributed by atoms with Crippen LogP contribution >= 0.6 is 0 Å². The molecule has 1 aliphatic rings. The molecule has 1 aromatic carbocycles. The fourth-order valence-electron chi connectivity index (χ4n) is 4.73. The molecule has 0 spiro atoms. The highest BCUT2D eigenvalue weighted by atomic mass is 19.1. The Morgan fingerprint density at radius 1 is 1.23 bits per heavy atom. The van der Waals surface area contributed by atoms with E-state index in [1.54, 1.807) is 34.6 Å². The van der Waals surface area contributed by atoms with Crippen LogP contribution in [0.15, 0.2) is 40.9 Å². The van der Waals surface area contributed by atoms with Crippen molar-refractivity contribution >= 4 is 35.3 Å². The number of esters is 1. The molecule has 2 aromatic rings. The summed E-state index contributed by atoms with van der Waals surface area (Å²) in [6.07, 6.45) is 3.28. The Morgan fingerprint density at radius 3 is 2.58 bits per heavy atom. The van der Waals surface area contributed by atoms with Crippen molar-refractivity contribution in [3.05, 3.63) is 59.3 Å². The van der Waals surface area contributed by atoms with E-state index in [4.69, 9.17) is 9.26 Å². The van der Waals surface area contributed by atoms with Gasteiger partial charge in [-0.3, -0.25) is 19.2 Å². The Bertz CT molecular complexity index is 1370. The van der Waals surface area contributed by atoms with Gasteiger partial charge in [0.15, 0.2) is 5.69 Å². The highest BCUT2D eigenvalue weighted by Gasteiger charge is 2.33. The first-order valence-electron chi connectivity index (χ1n) is 14.1. The number of carbonyl (C=O) groups excluding carboxylic acids is 5. The lowest BCUT2D eigenvalue weighted by Crippen LogP contribution is -2.53. The smallest absolute Gasteiger partial charge is 0.330 e. The van der Waals surface area contributed by atoms with Gasteiger partial charge < -0.3 is 30.1 Å². The fraction of sp³-hybridized carbons (Fsp3) is 0.467. The Labute approximate surface area is 249 Å². The zero-order valence-corrected chi connectivity index (χ0v) is 24.9.